The molecule has 1 aliphatic rings. The van der Waals surface area contributed by atoms with Gasteiger partial charge in [0.25, 0.3) is 0 Å². The third kappa shape index (κ3) is 2.05. The van der Waals surface area contributed by atoms with Gasteiger partial charge in [0, 0.05) is 5.75 Å². The molecule has 1 N–H and O–H groups in total. The second kappa shape index (κ2) is 4.13. The highest BCUT2D eigenvalue weighted by Gasteiger charge is 2.17. The number of hydrogen-bond acceptors (Lipinski definition) is 3. The van der Waals surface area contributed by atoms with Gasteiger partial charge in [0.2, 0.25) is 0 Å². The standard InChI is InChI=1S/C10H12O2S/c11-7-8-1-3-9(4-2-8)10-12-5-6-13-10/h1-4,10-11H,5-7H2. The summed E-state index contributed by atoms with van der Waals surface area (Å²) in [5.41, 5.74) is 2.35. The lowest BCUT2D eigenvalue weighted by molar-refractivity contribution is 0.145. The summed E-state index contributed by atoms with van der Waals surface area (Å²) in [6, 6.07) is 7.93. The van der Waals surface area contributed by atoms with E-state index in [2.05, 4.69) is 0 Å². The molecule has 70 valence electrons. The number of hydrogen-bond donors (Lipinski definition) is 1. The van der Waals surface area contributed by atoms with Gasteiger partial charge >= 0.3 is 0 Å². The smallest absolute Gasteiger partial charge is 0.128 e. The van der Waals surface area contributed by atoms with Crippen LogP contribution >= 0.6 is 11.8 Å². The van der Waals surface area contributed by atoms with Crippen molar-refractivity contribution in [3.8, 4) is 0 Å². The van der Waals surface area contributed by atoms with Crippen LogP contribution in [0.4, 0.5) is 0 Å². The Kier molecular flexibility index (Phi) is 2.88. The SMILES string of the molecule is OCc1ccc(C2OCCS2)cc1. The average Bonchev–Trinajstić information content (AvgIpc) is 2.71. The highest BCUT2D eigenvalue weighted by molar-refractivity contribution is 7.99. The van der Waals surface area contributed by atoms with Gasteiger partial charge in [0.1, 0.15) is 5.44 Å². The fourth-order valence-electron chi connectivity index (χ4n) is 1.33. The Labute approximate surface area is 81.9 Å². The third-order valence-electron chi connectivity index (χ3n) is 2.06. The maximum Gasteiger partial charge on any atom is 0.128 e. The molecular formula is C10H12O2S. The van der Waals surface area contributed by atoms with Gasteiger partial charge in [-0.05, 0) is 11.1 Å². The van der Waals surface area contributed by atoms with Crippen LogP contribution in [0.3, 0.4) is 0 Å². The minimum Gasteiger partial charge on any atom is -0.392 e. The van der Waals surface area contributed by atoms with Crippen molar-refractivity contribution in [2.24, 2.45) is 0 Å². The second-order valence-corrected chi connectivity index (χ2v) is 4.14. The number of aliphatic hydroxyl groups is 1. The van der Waals surface area contributed by atoms with Gasteiger partial charge in [-0.3, -0.25) is 0 Å². The van der Waals surface area contributed by atoms with Crippen molar-refractivity contribution in [3.05, 3.63) is 35.4 Å². The molecule has 1 atom stereocenters. The predicted molar refractivity (Wildman–Crippen MR) is 53.5 cm³/mol. The molecule has 0 amide bonds. The first-order valence-corrected chi connectivity index (χ1v) is 5.38. The monoisotopic (exact) mass is 196 g/mol. The summed E-state index contributed by atoms with van der Waals surface area (Å²) >= 11 is 1.82. The Morgan fingerprint density at radius 2 is 2.15 bits per heavy atom. The van der Waals surface area contributed by atoms with Crippen LogP contribution in [0.25, 0.3) is 0 Å². The zero-order chi connectivity index (χ0) is 9.10. The van der Waals surface area contributed by atoms with Crippen LogP contribution in [0.2, 0.25) is 0 Å². The lowest BCUT2D eigenvalue weighted by Crippen LogP contribution is -1.93. The van der Waals surface area contributed by atoms with E-state index in [-0.39, 0.29) is 12.0 Å². The maximum atomic E-state index is 8.86. The van der Waals surface area contributed by atoms with Crippen molar-refractivity contribution < 1.29 is 9.84 Å². The molecule has 1 saturated heterocycles. The second-order valence-electron chi connectivity index (χ2n) is 2.97. The molecule has 3 heteroatoms. The maximum absolute atomic E-state index is 8.86. The van der Waals surface area contributed by atoms with Crippen LogP contribution in [0, 0.1) is 0 Å². The van der Waals surface area contributed by atoms with Crippen LogP contribution in [-0.2, 0) is 11.3 Å². The van der Waals surface area contributed by atoms with E-state index in [4.69, 9.17) is 9.84 Å². The topological polar surface area (TPSA) is 29.5 Å². The number of rotatable bonds is 2. The third-order valence-corrected chi connectivity index (χ3v) is 3.17. The van der Waals surface area contributed by atoms with Crippen LogP contribution < -0.4 is 0 Å². The molecule has 1 fully saturated rings. The number of ether oxygens (including phenoxy) is 1. The molecule has 1 heterocycles. The molecule has 0 aromatic heterocycles. The van der Waals surface area contributed by atoms with Crippen LogP contribution in [-0.4, -0.2) is 17.5 Å². The van der Waals surface area contributed by atoms with Crippen molar-refractivity contribution in [3.63, 3.8) is 0 Å². The van der Waals surface area contributed by atoms with E-state index in [1.807, 2.05) is 36.0 Å². The molecule has 1 unspecified atom stereocenters. The summed E-state index contributed by atoms with van der Waals surface area (Å²) in [7, 11) is 0. The minimum atomic E-state index is 0.110. The van der Waals surface area contributed by atoms with Crippen molar-refractivity contribution in [2.45, 2.75) is 12.0 Å². The fourth-order valence-corrected chi connectivity index (χ4v) is 2.28. The van der Waals surface area contributed by atoms with Gasteiger partial charge in [-0.2, -0.15) is 0 Å². The molecule has 0 saturated carbocycles. The molecule has 13 heavy (non-hydrogen) atoms. The summed E-state index contributed by atoms with van der Waals surface area (Å²) in [5, 5.41) is 8.86. The van der Waals surface area contributed by atoms with E-state index in [0.717, 1.165) is 17.9 Å². The van der Waals surface area contributed by atoms with E-state index in [9.17, 15) is 0 Å². The van der Waals surface area contributed by atoms with Gasteiger partial charge in [0.15, 0.2) is 0 Å². The van der Waals surface area contributed by atoms with Crippen LogP contribution in [0.1, 0.15) is 16.6 Å². The van der Waals surface area contributed by atoms with Crippen molar-refractivity contribution in [1.29, 1.82) is 0 Å². The zero-order valence-corrected chi connectivity index (χ0v) is 8.09. The zero-order valence-electron chi connectivity index (χ0n) is 7.27. The lowest BCUT2D eigenvalue weighted by atomic mass is 10.1. The number of benzene rings is 1. The Hall–Kier alpha value is -0.510. The molecule has 0 radical (unpaired) electrons. The van der Waals surface area contributed by atoms with E-state index in [1.165, 1.54) is 5.56 Å². The van der Waals surface area contributed by atoms with Gasteiger partial charge < -0.3 is 9.84 Å². The molecule has 0 bridgehead atoms. The van der Waals surface area contributed by atoms with E-state index < -0.39 is 0 Å². The van der Waals surface area contributed by atoms with Gasteiger partial charge in [-0.25, -0.2) is 0 Å². The molecular weight excluding hydrogens is 184 g/mol. The lowest BCUT2D eigenvalue weighted by Gasteiger charge is -2.08. The first kappa shape index (κ1) is 9.06. The Bertz CT molecular complexity index is 265. The van der Waals surface area contributed by atoms with Crippen LogP contribution in [0.15, 0.2) is 24.3 Å². The highest BCUT2D eigenvalue weighted by atomic mass is 32.2. The number of thioether (sulfide) groups is 1. The van der Waals surface area contributed by atoms with Crippen molar-refractivity contribution in [2.75, 3.05) is 12.4 Å². The summed E-state index contributed by atoms with van der Waals surface area (Å²) in [4.78, 5) is 0. The summed E-state index contributed by atoms with van der Waals surface area (Å²) in [6.45, 7) is 0.954. The van der Waals surface area contributed by atoms with Gasteiger partial charge in [-0.1, -0.05) is 24.3 Å². The molecule has 1 aliphatic heterocycles. The van der Waals surface area contributed by atoms with Crippen LogP contribution in [0.5, 0.6) is 0 Å². The van der Waals surface area contributed by atoms with E-state index >= 15 is 0 Å². The first-order valence-electron chi connectivity index (χ1n) is 4.33. The predicted octanol–water partition coefficient (Wildman–Crippen LogP) is 1.94. The summed E-state index contributed by atoms with van der Waals surface area (Å²) in [5.74, 6) is 1.08. The summed E-state index contributed by atoms with van der Waals surface area (Å²) < 4.78 is 5.51. The number of aliphatic hydroxyl groups excluding tert-OH is 1. The molecule has 0 aliphatic carbocycles. The highest BCUT2D eigenvalue weighted by Crippen LogP contribution is 2.34. The molecule has 1 aromatic carbocycles. The fraction of sp³-hybridized carbons (Fsp3) is 0.400. The average molecular weight is 196 g/mol. The quantitative estimate of drug-likeness (QED) is 0.784. The normalized spacial score (nSPS) is 22.1. The molecule has 1 aromatic rings. The Morgan fingerprint density at radius 3 is 2.69 bits per heavy atom. The van der Waals surface area contributed by atoms with Crippen molar-refractivity contribution >= 4 is 11.8 Å². The largest absolute Gasteiger partial charge is 0.392 e. The molecule has 0 spiro atoms. The van der Waals surface area contributed by atoms with E-state index in [0.29, 0.717) is 0 Å². The van der Waals surface area contributed by atoms with Gasteiger partial charge in [0.05, 0.1) is 13.2 Å². The van der Waals surface area contributed by atoms with E-state index in [1.54, 1.807) is 0 Å². The van der Waals surface area contributed by atoms with Crippen molar-refractivity contribution in [1.82, 2.24) is 0 Å². The Balaban J connectivity index is 2.12. The summed E-state index contributed by atoms with van der Waals surface area (Å²) in [6.07, 6.45) is 0. The van der Waals surface area contributed by atoms with Gasteiger partial charge in [-0.15, -0.1) is 11.8 Å². The molecule has 2 nitrogen and oxygen atoms in total. The first-order chi connectivity index (χ1) is 6.40. The molecule has 2 rings (SSSR count). The minimum absolute atomic E-state index is 0.110. The Morgan fingerprint density at radius 1 is 1.38 bits per heavy atom.